The van der Waals surface area contributed by atoms with Gasteiger partial charge in [0.15, 0.2) is 0 Å². The van der Waals surface area contributed by atoms with Gasteiger partial charge in [-0.25, -0.2) is 9.18 Å². The second-order valence-electron chi connectivity index (χ2n) is 11.9. The molecule has 4 N–H and O–H groups in total. The molecule has 0 bridgehead atoms. The van der Waals surface area contributed by atoms with Gasteiger partial charge in [-0.3, -0.25) is 14.4 Å². The highest BCUT2D eigenvalue weighted by molar-refractivity contribution is 5.96. The molecule has 1 aliphatic heterocycles. The van der Waals surface area contributed by atoms with E-state index < -0.39 is 23.6 Å². The van der Waals surface area contributed by atoms with Crippen molar-refractivity contribution in [3.05, 3.63) is 76.1 Å². The molecule has 1 unspecified atom stereocenters. The van der Waals surface area contributed by atoms with E-state index >= 15 is 0 Å². The van der Waals surface area contributed by atoms with Crippen molar-refractivity contribution in [2.24, 2.45) is 5.41 Å². The van der Waals surface area contributed by atoms with Crippen LogP contribution in [0.5, 0.6) is 0 Å². The number of anilines is 1. The molecule has 0 radical (unpaired) electrons. The highest BCUT2D eigenvalue weighted by Crippen LogP contribution is 2.28. The van der Waals surface area contributed by atoms with Crippen LogP contribution in [0.25, 0.3) is 10.9 Å². The number of H-pyrrole nitrogens is 1. The predicted molar refractivity (Wildman–Crippen MR) is 159 cm³/mol. The fourth-order valence-electron chi connectivity index (χ4n) is 5.20. The van der Waals surface area contributed by atoms with E-state index in [4.69, 9.17) is 0 Å². The molecule has 1 atom stereocenters. The number of hydrogen-bond donors (Lipinski definition) is 4. The minimum absolute atomic E-state index is 0.00461. The van der Waals surface area contributed by atoms with Crippen LogP contribution in [0.1, 0.15) is 57.7 Å². The van der Waals surface area contributed by atoms with E-state index in [-0.39, 0.29) is 42.2 Å². The maximum absolute atomic E-state index is 14.3. The summed E-state index contributed by atoms with van der Waals surface area (Å²) < 4.78 is 15.7. The molecule has 3 aromatic rings. The number of amides is 3. The smallest absolute Gasteiger partial charge is 0.405 e. The van der Waals surface area contributed by atoms with Crippen LogP contribution < -0.4 is 16.2 Å². The molecule has 3 heterocycles. The van der Waals surface area contributed by atoms with Crippen LogP contribution in [-0.2, 0) is 22.6 Å². The van der Waals surface area contributed by atoms with Gasteiger partial charge in [0.25, 0.3) is 5.56 Å². The molecule has 0 saturated carbocycles. The second kappa shape index (κ2) is 13.1. The first kappa shape index (κ1) is 30.5. The third-order valence-corrected chi connectivity index (χ3v) is 7.08. The van der Waals surface area contributed by atoms with Gasteiger partial charge in [0.1, 0.15) is 17.5 Å². The first-order valence-electron chi connectivity index (χ1n) is 14.1. The molecule has 10 nitrogen and oxygen atoms in total. The van der Waals surface area contributed by atoms with Crippen molar-refractivity contribution in [3.63, 3.8) is 0 Å². The van der Waals surface area contributed by atoms with Crippen molar-refractivity contribution in [2.45, 2.75) is 65.5 Å². The number of carbonyl (C=O) groups is 3. The van der Waals surface area contributed by atoms with E-state index in [0.717, 1.165) is 37.0 Å². The number of fused-ring (bicyclic) bond motifs is 1. The minimum Gasteiger partial charge on any atom is -0.465 e. The average molecular weight is 580 g/mol. The highest BCUT2D eigenvalue weighted by atomic mass is 19.1. The number of allylic oxidation sites excluding steroid dienone is 1. The Balaban J connectivity index is 1.45. The number of pyridine rings is 1. The summed E-state index contributed by atoms with van der Waals surface area (Å²) in [6.07, 6.45) is 6.28. The number of aromatic nitrogens is 2. The first-order valence-corrected chi connectivity index (χ1v) is 14.1. The number of carbonyl (C=O) groups excluding carboxylic acids is 2. The molecule has 3 amide bonds. The van der Waals surface area contributed by atoms with Crippen LogP contribution in [0.2, 0.25) is 0 Å². The van der Waals surface area contributed by atoms with E-state index in [1.54, 1.807) is 29.3 Å². The summed E-state index contributed by atoms with van der Waals surface area (Å²) >= 11 is 0. The number of rotatable bonds is 10. The van der Waals surface area contributed by atoms with Crippen molar-refractivity contribution in [1.82, 2.24) is 19.8 Å². The van der Waals surface area contributed by atoms with Gasteiger partial charge < -0.3 is 30.2 Å². The Hall–Kier alpha value is -4.41. The maximum Gasteiger partial charge on any atom is 0.405 e. The molecular formula is C31H38FN5O5. The van der Waals surface area contributed by atoms with E-state index in [0.29, 0.717) is 17.5 Å². The predicted octanol–water partition coefficient (Wildman–Crippen LogP) is 4.64. The summed E-state index contributed by atoms with van der Waals surface area (Å²) in [7, 11) is 0. The van der Waals surface area contributed by atoms with Gasteiger partial charge in [-0.05, 0) is 79.5 Å². The summed E-state index contributed by atoms with van der Waals surface area (Å²) in [6, 6.07) is 6.71. The van der Waals surface area contributed by atoms with Crippen molar-refractivity contribution in [3.8, 4) is 0 Å². The number of carboxylic acid groups (broad SMARTS) is 1. The number of aromatic amines is 1. The summed E-state index contributed by atoms with van der Waals surface area (Å²) in [6.45, 7) is 7.84. The van der Waals surface area contributed by atoms with Gasteiger partial charge in [-0.2, -0.15) is 0 Å². The number of halogens is 1. The standard InChI is InChI=1S/C31H38FN5O5/c1-31(2,3)18-21-16-22(32)15-20-17-23(33-27(20)21)19-37-14-8-10-25(29(37)40)34-28(39)24(35-30(41)42)9-4-5-11-26(38)36-12-6-7-13-36/h5,8,10-11,14-17,24,33,35H,4,6-7,9,12-13,18-19H2,1-3H3,(H,34,39)(H,41,42). The summed E-state index contributed by atoms with van der Waals surface area (Å²) in [4.78, 5) is 54.8. The lowest BCUT2D eigenvalue weighted by atomic mass is 9.87. The zero-order chi connectivity index (χ0) is 30.4. The molecule has 0 spiro atoms. The normalized spacial score (nSPS) is 14.4. The van der Waals surface area contributed by atoms with E-state index in [9.17, 15) is 28.7 Å². The Morgan fingerprint density at radius 3 is 2.60 bits per heavy atom. The largest absolute Gasteiger partial charge is 0.465 e. The van der Waals surface area contributed by atoms with E-state index in [1.807, 2.05) is 0 Å². The average Bonchev–Trinajstić information content (AvgIpc) is 3.57. The van der Waals surface area contributed by atoms with Gasteiger partial charge >= 0.3 is 6.09 Å². The topological polar surface area (TPSA) is 137 Å². The first-order chi connectivity index (χ1) is 19.9. The molecule has 2 aromatic heterocycles. The summed E-state index contributed by atoms with van der Waals surface area (Å²) in [5.41, 5.74) is 1.83. The monoisotopic (exact) mass is 579 g/mol. The number of nitrogens with one attached hydrogen (secondary N) is 3. The van der Waals surface area contributed by atoms with Gasteiger partial charge in [-0.1, -0.05) is 26.8 Å². The molecule has 224 valence electrons. The molecule has 11 heteroatoms. The van der Waals surface area contributed by atoms with Crippen molar-refractivity contribution < 1.29 is 23.9 Å². The van der Waals surface area contributed by atoms with Crippen molar-refractivity contribution in [2.75, 3.05) is 18.4 Å². The minimum atomic E-state index is -1.38. The van der Waals surface area contributed by atoms with E-state index in [1.165, 1.54) is 28.8 Å². The Labute approximate surface area is 243 Å². The Bertz CT molecular complexity index is 1550. The van der Waals surface area contributed by atoms with Crippen LogP contribution in [0.3, 0.4) is 0 Å². The molecule has 1 saturated heterocycles. The number of hydrogen-bond acceptors (Lipinski definition) is 4. The van der Waals surface area contributed by atoms with Crippen LogP contribution in [0.4, 0.5) is 14.9 Å². The SMILES string of the molecule is CC(C)(C)Cc1cc(F)cc2cc(Cn3cccc(NC(=O)C(CCC=CC(=O)N4CCCC4)NC(=O)O)c3=O)[nH]c12. The maximum atomic E-state index is 14.3. The summed E-state index contributed by atoms with van der Waals surface area (Å²) in [5, 5.41) is 14.7. The lowest BCUT2D eigenvalue weighted by molar-refractivity contribution is -0.125. The molecule has 42 heavy (non-hydrogen) atoms. The van der Waals surface area contributed by atoms with Gasteiger partial charge in [0, 0.05) is 35.9 Å². The number of benzene rings is 1. The Kier molecular flexibility index (Phi) is 9.49. The zero-order valence-electron chi connectivity index (χ0n) is 24.2. The van der Waals surface area contributed by atoms with Crippen LogP contribution in [-0.4, -0.2) is 56.6 Å². The molecular weight excluding hydrogens is 541 g/mol. The Morgan fingerprint density at radius 2 is 1.90 bits per heavy atom. The van der Waals surface area contributed by atoms with Gasteiger partial charge in [-0.15, -0.1) is 0 Å². The Morgan fingerprint density at radius 1 is 1.17 bits per heavy atom. The quantitative estimate of drug-likeness (QED) is 0.260. The fraction of sp³-hybridized carbons (Fsp3) is 0.419. The van der Waals surface area contributed by atoms with Gasteiger partial charge in [0.2, 0.25) is 11.8 Å². The lowest BCUT2D eigenvalue weighted by Gasteiger charge is -2.18. The van der Waals surface area contributed by atoms with E-state index in [2.05, 4.69) is 36.4 Å². The van der Waals surface area contributed by atoms with Crippen molar-refractivity contribution >= 4 is 34.5 Å². The molecule has 1 aliphatic rings. The van der Waals surface area contributed by atoms with Gasteiger partial charge in [0.05, 0.1) is 6.54 Å². The van der Waals surface area contributed by atoms with Crippen molar-refractivity contribution in [1.29, 1.82) is 0 Å². The second-order valence-corrected chi connectivity index (χ2v) is 11.9. The number of likely N-dealkylation sites (tertiary alicyclic amines) is 1. The number of nitrogens with zero attached hydrogens (tertiary/aromatic N) is 2. The molecule has 1 fully saturated rings. The van der Waals surface area contributed by atoms with Crippen LogP contribution in [0.15, 0.2) is 53.5 Å². The molecule has 1 aromatic carbocycles. The zero-order valence-corrected chi connectivity index (χ0v) is 24.2. The van der Waals surface area contributed by atoms with Crippen LogP contribution >= 0.6 is 0 Å². The lowest BCUT2D eigenvalue weighted by Crippen LogP contribution is -2.44. The fourth-order valence-corrected chi connectivity index (χ4v) is 5.20. The third kappa shape index (κ3) is 8.08. The third-order valence-electron chi connectivity index (χ3n) is 7.08. The highest BCUT2D eigenvalue weighted by Gasteiger charge is 2.22. The summed E-state index contributed by atoms with van der Waals surface area (Å²) in [5.74, 6) is -1.11. The van der Waals surface area contributed by atoms with Crippen LogP contribution in [0, 0.1) is 11.2 Å². The molecule has 0 aliphatic carbocycles. The molecule has 4 rings (SSSR count).